The molecule has 0 spiro atoms. The molecule has 1 atom stereocenters. The molecule has 3 aromatic rings. The number of rotatable bonds is 5. The van der Waals surface area contributed by atoms with Crippen molar-refractivity contribution in [2.24, 2.45) is 0 Å². The molecule has 148 valence electrons. The Kier molecular flexibility index (Phi) is 5.11. The monoisotopic (exact) mass is 381 g/mol. The lowest BCUT2D eigenvalue weighted by molar-refractivity contribution is -0.134. The molecule has 4 rings (SSSR count). The summed E-state index contributed by atoms with van der Waals surface area (Å²) in [6.07, 6.45) is 8.28. The smallest absolute Gasteiger partial charge is 0.252 e. The van der Waals surface area contributed by atoms with Crippen LogP contribution in [0.2, 0.25) is 0 Å². The number of aromatic nitrogens is 6. The van der Waals surface area contributed by atoms with Crippen LogP contribution in [0.3, 0.4) is 0 Å². The van der Waals surface area contributed by atoms with E-state index in [1.807, 2.05) is 44.1 Å². The van der Waals surface area contributed by atoms with E-state index in [1.54, 1.807) is 4.52 Å². The Morgan fingerprint density at radius 1 is 1.21 bits per heavy atom. The Bertz CT molecular complexity index is 990. The van der Waals surface area contributed by atoms with Gasteiger partial charge in [-0.05, 0) is 52.5 Å². The van der Waals surface area contributed by atoms with Gasteiger partial charge in [-0.15, -0.1) is 5.10 Å². The predicted octanol–water partition coefficient (Wildman–Crippen LogP) is 2.26. The fourth-order valence-corrected chi connectivity index (χ4v) is 4.08. The van der Waals surface area contributed by atoms with Gasteiger partial charge in [-0.3, -0.25) is 4.79 Å². The van der Waals surface area contributed by atoms with Crippen molar-refractivity contribution in [1.82, 2.24) is 34.0 Å². The van der Waals surface area contributed by atoms with Crippen molar-refractivity contribution in [1.29, 1.82) is 0 Å². The summed E-state index contributed by atoms with van der Waals surface area (Å²) in [5.74, 6) is 2.23. The normalized spacial score (nSPS) is 17.4. The number of likely N-dealkylation sites (tertiary alicyclic amines) is 1. The van der Waals surface area contributed by atoms with Crippen LogP contribution < -0.4 is 0 Å². The maximum atomic E-state index is 13.0. The minimum absolute atomic E-state index is 0.109. The third kappa shape index (κ3) is 3.76. The van der Waals surface area contributed by atoms with Gasteiger partial charge in [0.2, 0.25) is 5.91 Å². The van der Waals surface area contributed by atoms with Gasteiger partial charge in [0.1, 0.15) is 5.82 Å². The number of aryl methyl sites for hydroxylation is 4. The Hall–Kier alpha value is -2.77. The quantitative estimate of drug-likeness (QED) is 0.677. The molecule has 3 aromatic heterocycles. The van der Waals surface area contributed by atoms with Crippen LogP contribution in [-0.2, 0) is 17.8 Å². The molecule has 0 unspecified atom stereocenters. The molecule has 8 heteroatoms. The molecular formula is C20H27N7O. The summed E-state index contributed by atoms with van der Waals surface area (Å²) in [7, 11) is 0. The summed E-state index contributed by atoms with van der Waals surface area (Å²) in [4.78, 5) is 28.2. The first-order chi connectivity index (χ1) is 13.5. The average Bonchev–Trinajstić information content (AvgIpc) is 3.26. The van der Waals surface area contributed by atoms with Crippen molar-refractivity contribution >= 4 is 11.7 Å². The van der Waals surface area contributed by atoms with Crippen LogP contribution in [0.25, 0.3) is 5.78 Å². The Labute approximate surface area is 164 Å². The highest BCUT2D eigenvalue weighted by Crippen LogP contribution is 2.21. The van der Waals surface area contributed by atoms with Gasteiger partial charge in [0.25, 0.3) is 5.78 Å². The lowest BCUT2D eigenvalue weighted by Crippen LogP contribution is -2.45. The molecule has 0 radical (unpaired) electrons. The standard InChI is InChI=1S/C20H27N7O/c1-14-12-15(2)27-20(22-14)23-18(24-27)13-19(28)26-9-5-4-6-17(26)7-10-25-11-8-21-16(25)3/h8,11-12,17H,4-7,9-10,13H2,1-3H3/t17-/m0/s1. The van der Waals surface area contributed by atoms with Gasteiger partial charge >= 0.3 is 0 Å². The van der Waals surface area contributed by atoms with Gasteiger partial charge in [0.15, 0.2) is 5.82 Å². The van der Waals surface area contributed by atoms with Crippen LogP contribution in [0, 0.1) is 20.8 Å². The van der Waals surface area contributed by atoms with E-state index in [2.05, 4.69) is 24.6 Å². The van der Waals surface area contributed by atoms with E-state index in [4.69, 9.17) is 0 Å². The SMILES string of the molecule is Cc1cc(C)n2nc(CC(=O)N3CCCC[C@H]3CCn3ccnc3C)nc2n1. The molecule has 8 nitrogen and oxygen atoms in total. The van der Waals surface area contributed by atoms with Crippen LogP contribution in [-0.4, -0.2) is 52.5 Å². The van der Waals surface area contributed by atoms with Crippen LogP contribution in [0.5, 0.6) is 0 Å². The summed E-state index contributed by atoms with van der Waals surface area (Å²) in [5.41, 5.74) is 1.88. The maximum Gasteiger partial charge on any atom is 0.252 e. The highest BCUT2D eigenvalue weighted by molar-refractivity contribution is 5.78. The first-order valence-corrected chi connectivity index (χ1v) is 9.98. The second-order valence-electron chi connectivity index (χ2n) is 7.65. The van der Waals surface area contributed by atoms with Crippen LogP contribution in [0.4, 0.5) is 0 Å². The third-order valence-corrected chi connectivity index (χ3v) is 5.55. The zero-order chi connectivity index (χ0) is 19.7. The molecule has 0 aromatic carbocycles. The van der Waals surface area contributed by atoms with Crippen LogP contribution >= 0.6 is 0 Å². The molecule has 1 amide bonds. The van der Waals surface area contributed by atoms with E-state index >= 15 is 0 Å². The number of fused-ring (bicyclic) bond motifs is 1. The molecule has 0 saturated carbocycles. The summed E-state index contributed by atoms with van der Waals surface area (Å²) in [5, 5.41) is 4.49. The highest BCUT2D eigenvalue weighted by Gasteiger charge is 2.27. The molecule has 1 aliphatic heterocycles. The zero-order valence-corrected chi connectivity index (χ0v) is 16.8. The first-order valence-electron chi connectivity index (χ1n) is 9.98. The molecule has 0 N–H and O–H groups in total. The molecule has 4 heterocycles. The number of nitrogens with zero attached hydrogens (tertiary/aromatic N) is 7. The minimum Gasteiger partial charge on any atom is -0.339 e. The molecular weight excluding hydrogens is 354 g/mol. The van der Waals surface area contributed by atoms with Gasteiger partial charge in [-0.2, -0.15) is 4.98 Å². The molecule has 1 saturated heterocycles. The number of hydrogen-bond donors (Lipinski definition) is 0. The minimum atomic E-state index is 0.109. The largest absolute Gasteiger partial charge is 0.339 e. The van der Waals surface area contributed by atoms with Crippen LogP contribution in [0.15, 0.2) is 18.5 Å². The zero-order valence-electron chi connectivity index (χ0n) is 16.8. The van der Waals surface area contributed by atoms with E-state index in [1.165, 1.54) is 6.42 Å². The number of amides is 1. The lowest BCUT2D eigenvalue weighted by atomic mass is 9.98. The number of hydrogen-bond acceptors (Lipinski definition) is 5. The van der Waals surface area contributed by atoms with E-state index in [-0.39, 0.29) is 18.4 Å². The topological polar surface area (TPSA) is 81.2 Å². The van der Waals surface area contributed by atoms with Gasteiger partial charge in [-0.25, -0.2) is 14.5 Å². The number of imidazole rings is 1. The van der Waals surface area contributed by atoms with Crippen molar-refractivity contribution < 1.29 is 4.79 Å². The highest BCUT2D eigenvalue weighted by atomic mass is 16.2. The van der Waals surface area contributed by atoms with Crippen LogP contribution in [0.1, 0.15) is 48.7 Å². The Morgan fingerprint density at radius 2 is 2.07 bits per heavy atom. The molecule has 0 aliphatic carbocycles. The summed E-state index contributed by atoms with van der Waals surface area (Å²) in [6, 6.07) is 2.23. The molecule has 1 aliphatic rings. The van der Waals surface area contributed by atoms with Crippen molar-refractivity contribution in [2.45, 2.75) is 65.5 Å². The van der Waals surface area contributed by atoms with Gasteiger partial charge in [0.05, 0.1) is 6.42 Å². The van der Waals surface area contributed by atoms with Crippen molar-refractivity contribution in [3.63, 3.8) is 0 Å². The van der Waals surface area contributed by atoms with Crippen molar-refractivity contribution in [2.75, 3.05) is 6.54 Å². The van der Waals surface area contributed by atoms with Crippen molar-refractivity contribution in [3.8, 4) is 0 Å². The van der Waals surface area contributed by atoms with Gasteiger partial charge < -0.3 is 9.47 Å². The predicted molar refractivity (Wildman–Crippen MR) is 105 cm³/mol. The fraction of sp³-hybridized carbons (Fsp3) is 0.550. The summed E-state index contributed by atoms with van der Waals surface area (Å²) < 4.78 is 3.86. The third-order valence-electron chi connectivity index (χ3n) is 5.55. The van der Waals surface area contributed by atoms with Gasteiger partial charge in [-0.1, -0.05) is 0 Å². The number of carbonyl (C=O) groups excluding carboxylic acids is 1. The second kappa shape index (κ2) is 7.69. The molecule has 1 fully saturated rings. The lowest BCUT2D eigenvalue weighted by Gasteiger charge is -2.36. The van der Waals surface area contributed by atoms with Gasteiger partial charge in [0, 0.05) is 42.9 Å². The second-order valence-corrected chi connectivity index (χ2v) is 7.65. The van der Waals surface area contributed by atoms with E-state index in [9.17, 15) is 4.79 Å². The van der Waals surface area contributed by atoms with E-state index in [0.29, 0.717) is 11.6 Å². The Balaban J connectivity index is 1.46. The molecule has 0 bridgehead atoms. The fourth-order valence-electron chi connectivity index (χ4n) is 4.08. The molecule has 28 heavy (non-hydrogen) atoms. The summed E-state index contributed by atoms with van der Waals surface area (Å²) >= 11 is 0. The number of piperidine rings is 1. The summed E-state index contributed by atoms with van der Waals surface area (Å²) in [6.45, 7) is 7.62. The van der Waals surface area contributed by atoms with E-state index in [0.717, 1.165) is 49.6 Å². The Morgan fingerprint density at radius 3 is 2.86 bits per heavy atom. The number of carbonyl (C=O) groups is 1. The van der Waals surface area contributed by atoms with E-state index < -0.39 is 0 Å². The first kappa shape index (κ1) is 18.6. The maximum absolute atomic E-state index is 13.0. The average molecular weight is 381 g/mol. The van der Waals surface area contributed by atoms with Crippen molar-refractivity contribution in [3.05, 3.63) is 41.5 Å².